The monoisotopic (exact) mass is 371 g/mol. The molecule has 138 valence electrons. The van der Waals surface area contributed by atoms with E-state index in [1.807, 2.05) is 0 Å². The van der Waals surface area contributed by atoms with E-state index in [-0.39, 0.29) is 0 Å². The Balaban J connectivity index is 2.05. The van der Waals surface area contributed by atoms with E-state index in [1.165, 1.54) is 6.07 Å². The van der Waals surface area contributed by atoms with Crippen LogP contribution in [0.2, 0.25) is 0 Å². The number of carbonyl (C=O) groups excluding carboxylic acids is 1. The van der Waals surface area contributed by atoms with Crippen LogP contribution in [0.25, 0.3) is 11.1 Å². The Labute approximate surface area is 154 Å². The number of nitrogens with one attached hydrogen (secondary N) is 1. The number of halogens is 3. The normalized spacial score (nSPS) is 12.4. The van der Waals surface area contributed by atoms with Crippen molar-refractivity contribution in [1.29, 1.82) is 0 Å². The lowest BCUT2D eigenvalue weighted by Crippen LogP contribution is -2.27. The zero-order valence-corrected chi connectivity index (χ0v) is 14.1. The molecule has 0 saturated carbocycles. The maximum Gasteiger partial charge on any atom is 0.416 e. The summed E-state index contributed by atoms with van der Waals surface area (Å²) in [4.78, 5) is 12.2. The van der Waals surface area contributed by atoms with E-state index < -0.39 is 23.6 Å². The SMILES string of the molecule is O=C(NO)C(c1ccccc1)c1cccc(-c2cccc(C(F)(F)F)c2)c1. The van der Waals surface area contributed by atoms with Crippen LogP contribution in [0.3, 0.4) is 0 Å². The second kappa shape index (κ2) is 7.63. The highest BCUT2D eigenvalue weighted by molar-refractivity contribution is 5.86. The highest BCUT2D eigenvalue weighted by Crippen LogP contribution is 2.33. The number of alkyl halides is 3. The maximum atomic E-state index is 13.0. The molecule has 0 heterocycles. The van der Waals surface area contributed by atoms with Crippen LogP contribution in [0, 0.1) is 0 Å². The predicted molar refractivity (Wildman–Crippen MR) is 95.1 cm³/mol. The lowest BCUT2D eigenvalue weighted by molar-refractivity contribution is -0.137. The summed E-state index contributed by atoms with van der Waals surface area (Å²) in [7, 11) is 0. The van der Waals surface area contributed by atoms with Crippen LogP contribution in [0.4, 0.5) is 13.2 Å². The molecule has 0 aliphatic rings. The summed E-state index contributed by atoms with van der Waals surface area (Å²) in [6.07, 6.45) is -4.43. The van der Waals surface area contributed by atoms with E-state index in [9.17, 15) is 18.0 Å². The van der Waals surface area contributed by atoms with Gasteiger partial charge in [-0.05, 0) is 34.4 Å². The summed E-state index contributed by atoms with van der Waals surface area (Å²) >= 11 is 0. The molecular formula is C21H16F3NO2. The molecule has 1 atom stereocenters. The molecule has 0 aliphatic heterocycles. The average Bonchev–Trinajstić information content (AvgIpc) is 2.68. The molecule has 27 heavy (non-hydrogen) atoms. The van der Waals surface area contributed by atoms with E-state index in [0.29, 0.717) is 22.3 Å². The summed E-state index contributed by atoms with van der Waals surface area (Å²) in [6.45, 7) is 0. The molecule has 3 aromatic carbocycles. The van der Waals surface area contributed by atoms with Crippen LogP contribution in [0.15, 0.2) is 78.9 Å². The Morgan fingerprint density at radius 1 is 0.815 bits per heavy atom. The van der Waals surface area contributed by atoms with Gasteiger partial charge in [0.05, 0.1) is 11.5 Å². The first-order chi connectivity index (χ1) is 12.9. The van der Waals surface area contributed by atoms with Crippen LogP contribution >= 0.6 is 0 Å². The highest BCUT2D eigenvalue weighted by atomic mass is 19.4. The number of hydrogen-bond acceptors (Lipinski definition) is 2. The molecule has 1 unspecified atom stereocenters. The minimum atomic E-state index is -4.43. The number of hydrogen-bond donors (Lipinski definition) is 2. The lowest BCUT2D eigenvalue weighted by atomic mass is 9.88. The lowest BCUT2D eigenvalue weighted by Gasteiger charge is -2.17. The van der Waals surface area contributed by atoms with E-state index in [0.717, 1.165) is 12.1 Å². The van der Waals surface area contributed by atoms with Gasteiger partial charge in [-0.25, -0.2) is 5.48 Å². The van der Waals surface area contributed by atoms with Crippen LogP contribution in [0.1, 0.15) is 22.6 Å². The van der Waals surface area contributed by atoms with Crippen molar-refractivity contribution in [1.82, 2.24) is 5.48 Å². The summed E-state index contributed by atoms with van der Waals surface area (Å²) in [5.74, 6) is -1.41. The standard InChI is InChI=1S/C21H16F3NO2/c22-21(23,24)18-11-5-9-16(13-18)15-8-4-10-17(12-15)19(20(26)25-27)14-6-2-1-3-7-14/h1-13,19,27H,(H,25,26). The molecule has 0 radical (unpaired) electrons. The van der Waals surface area contributed by atoms with Gasteiger partial charge in [0, 0.05) is 0 Å². The zero-order valence-electron chi connectivity index (χ0n) is 14.1. The maximum absolute atomic E-state index is 13.0. The van der Waals surface area contributed by atoms with Gasteiger partial charge in [0.15, 0.2) is 0 Å². The van der Waals surface area contributed by atoms with Gasteiger partial charge in [0.2, 0.25) is 0 Å². The third-order valence-electron chi connectivity index (χ3n) is 4.25. The Kier molecular flexibility index (Phi) is 5.28. The Hall–Kier alpha value is -3.12. The fourth-order valence-electron chi connectivity index (χ4n) is 2.98. The van der Waals surface area contributed by atoms with E-state index >= 15 is 0 Å². The molecule has 0 spiro atoms. The first-order valence-electron chi connectivity index (χ1n) is 8.16. The van der Waals surface area contributed by atoms with Gasteiger partial charge in [-0.15, -0.1) is 0 Å². The number of rotatable bonds is 4. The van der Waals surface area contributed by atoms with Crippen molar-refractivity contribution in [3.8, 4) is 11.1 Å². The van der Waals surface area contributed by atoms with Crippen molar-refractivity contribution >= 4 is 5.91 Å². The van der Waals surface area contributed by atoms with E-state index in [1.54, 1.807) is 66.1 Å². The first-order valence-corrected chi connectivity index (χ1v) is 8.16. The second-order valence-corrected chi connectivity index (χ2v) is 6.02. The molecule has 6 heteroatoms. The molecule has 1 amide bonds. The molecule has 0 fully saturated rings. The quantitative estimate of drug-likeness (QED) is 0.500. The Morgan fingerprint density at radius 2 is 1.41 bits per heavy atom. The van der Waals surface area contributed by atoms with Gasteiger partial charge in [-0.1, -0.05) is 66.7 Å². The Morgan fingerprint density at radius 3 is 2.04 bits per heavy atom. The van der Waals surface area contributed by atoms with Gasteiger partial charge in [-0.3, -0.25) is 10.0 Å². The van der Waals surface area contributed by atoms with E-state index in [4.69, 9.17) is 5.21 Å². The molecule has 3 nitrogen and oxygen atoms in total. The van der Waals surface area contributed by atoms with E-state index in [2.05, 4.69) is 0 Å². The minimum absolute atomic E-state index is 0.392. The third-order valence-corrected chi connectivity index (χ3v) is 4.25. The first kappa shape index (κ1) is 18.7. The minimum Gasteiger partial charge on any atom is -0.289 e. The van der Waals surface area contributed by atoms with Gasteiger partial charge in [0.1, 0.15) is 0 Å². The average molecular weight is 371 g/mol. The second-order valence-electron chi connectivity index (χ2n) is 6.02. The Bertz CT molecular complexity index is 939. The van der Waals surface area contributed by atoms with Crippen molar-refractivity contribution in [2.75, 3.05) is 0 Å². The van der Waals surface area contributed by atoms with Crippen molar-refractivity contribution < 1.29 is 23.2 Å². The number of benzene rings is 3. The summed E-state index contributed by atoms with van der Waals surface area (Å²) in [5.41, 5.74) is 3.08. The van der Waals surface area contributed by atoms with Crippen molar-refractivity contribution in [2.24, 2.45) is 0 Å². The molecule has 0 saturated heterocycles. The highest BCUT2D eigenvalue weighted by Gasteiger charge is 2.30. The number of amides is 1. The third kappa shape index (κ3) is 4.17. The van der Waals surface area contributed by atoms with Crippen LogP contribution in [0.5, 0.6) is 0 Å². The fraction of sp³-hybridized carbons (Fsp3) is 0.0952. The fourth-order valence-corrected chi connectivity index (χ4v) is 2.98. The molecule has 0 aromatic heterocycles. The molecule has 3 rings (SSSR count). The van der Waals surface area contributed by atoms with Gasteiger partial charge >= 0.3 is 6.18 Å². The van der Waals surface area contributed by atoms with Crippen molar-refractivity contribution in [3.63, 3.8) is 0 Å². The molecular weight excluding hydrogens is 355 g/mol. The van der Waals surface area contributed by atoms with Crippen LogP contribution in [-0.4, -0.2) is 11.1 Å². The molecule has 0 bridgehead atoms. The summed E-state index contributed by atoms with van der Waals surface area (Å²) in [5, 5.41) is 9.12. The predicted octanol–water partition coefficient (Wildman–Crippen LogP) is 5.01. The smallest absolute Gasteiger partial charge is 0.289 e. The van der Waals surface area contributed by atoms with Crippen molar-refractivity contribution in [2.45, 2.75) is 12.1 Å². The molecule has 2 N–H and O–H groups in total. The summed E-state index contributed by atoms with van der Waals surface area (Å²) in [6, 6.07) is 20.5. The van der Waals surface area contributed by atoms with Crippen LogP contribution < -0.4 is 5.48 Å². The molecule has 0 aliphatic carbocycles. The van der Waals surface area contributed by atoms with Gasteiger partial charge in [0.25, 0.3) is 5.91 Å². The van der Waals surface area contributed by atoms with Gasteiger partial charge < -0.3 is 0 Å². The van der Waals surface area contributed by atoms with Crippen molar-refractivity contribution in [3.05, 3.63) is 95.6 Å². The van der Waals surface area contributed by atoms with Crippen LogP contribution in [-0.2, 0) is 11.0 Å². The number of hydroxylamine groups is 1. The topological polar surface area (TPSA) is 49.3 Å². The molecule has 3 aromatic rings. The zero-order chi connectivity index (χ0) is 19.4. The summed E-state index contributed by atoms with van der Waals surface area (Å²) < 4.78 is 39.0. The largest absolute Gasteiger partial charge is 0.416 e. The van der Waals surface area contributed by atoms with Gasteiger partial charge in [-0.2, -0.15) is 13.2 Å². The number of carbonyl (C=O) groups is 1.